The Morgan fingerprint density at radius 2 is 2.00 bits per heavy atom. The van der Waals surface area contributed by atoms with Crippen LogP contribution in [0, 0.1) is 0 Å². The molecular formula is C17H11N5O3. The van der Waals surface area contributed by atoms with Crippen LogP contribution < -0.4 is 10.7 Å². The van der Waals surface area contributed by atoms with Crippen molar-refractivity contribution in [2.24, 2.45) is 0 Å². The first kappa shape index (κ1) is 14.8. The summed E-state index contributed by atoms with van der Waals surface area (Å²) in [5.41, 5.74) is 0.0620. The Morgan fingerprint density at radius 1 is 1.12 bits per heavy atom. The standard InChI is InChI=1S/C17H11N5O3/c23-12-8-14(25-13-5-2-1-4-11(12)13)17(24)21-15-9-16(19-10-18-15)22-7-3-6-20-22/h1-10H,(H,18,19,21,24). The van der Waals surface area contributed by atoms with Gasteiger partial charge in [0.1, 0.15) is 17.7 Å². The van der Waals surface area contributed by atoms with E-state index in [1.807, 2.05) is 0 Å². The Labute approximate surface area is 140 Å². The molecule has 0 saturated heterocycles. The van der Waals surface area contributed by atoms with Gasteiger partial charge in [-0.25, -0.2) is 14.6 Å². The number of para-hydroxylation sites is 1. The number of fused-ring (bicyclic) bond motifs is 1. The molecule has 3 aromatic heterocycles. The van der Waals surface area contributed by atoms with Crippen LogP contribution in [0.3, 0.4) is 0 Å². The molecule has 4 rings (SSSR count). The van der Waals surface area contributed by atoms with Gasteiger partial charge < -0.3 is 9.73 Å². The number of aromatic nitrogens is 4. The predicted molar refractivity (Wildman–Crippen MR) is 89.6 cm³/mol. The summed E-state index contributed by atoms with van der Waals surface area (Å²) in [7, 11) is 0. The van der Waals surface area contributed by atoms with Crippen LogP contribution >= 0.6 is 0 Å². The molecule has 8 heteroatoms. The fourth-order valence-corrected chi connectivity index (χ4v) is 2.34. The van der Waals surface area contributed by atoms with Gasteiger partial charge in [0.25, 0.3) is 5.91 Å². The summed E-state index contributed by atoms with van der Waals surface area (Å²) < 4.78 is 7.04. The van der Waals surface area contributed by atoms with Crippen LogP contribution in [-0.2, 0) is 0 Å². The third-order valence-electron chi connectivity index (χ3n) is 3.49. The first-order chi connectivity index (χ1) is 12.2. The van der Waals surface area contributed by atoms with Crippen molar-refractivity contribution < 1.29 is 9.21 Å². The Hall–Kier alpha value is -3.81. The van der Waals surface area contributed by atoms with Crippen LogP contribution in [0.15, 0.2) is 70.4 Å². The van der Waals surface area contributed by atoms with Crippen molar-refractivity contribution in [1.29, 1.82) is 0 Å². The first-order valence-electron chi connectivity index (χ1n) is 7.37. The number of anilines is 1. The van der Waals surface area contributed by atoms with Crippen LogP contribution in [0.1, 0.15) is 10.6 Å². The monoisotopic (exact) mass is 333 g/mol. The van der Waals surface area contributed by atoms with Gasteiger partial charge in [-0.15, -0.1) is 0 Å². The highest BCUT2D eigenvalue weighted by Crippen LogP contribution is 2.14. The van der Waals surface area contributed by atoms with Gasteiger partial charge in [0.15, 0.2) is 17.0 Å². The second-order valence-electron chi connectivity index (χ2n) is 5.14. The summed E-state index contributed by atoms with van der Waals surface area (Å²) in [5, 5.41) is 7.07. The molecule has 0 aliphatic carbocycles. The van der Waals surface area contributed by atoms with Crippen molar-refractivity contribution in [1.82, 2.24) is 19.7 Å². The molecule has 0 saturated carbocycles. The van der Waals surface area contributed by atoms with Crippen molar-refractivity contribution in [2.75, 3.05) is 5.32 Å². The molecule has 1 aromatic carbocycles. The lowest BCUT2D eigenvalue weighted by molar-refractivity contribution is 0.0997. The summed E-state index contributed by atoms with van der Waals surface area (Å²) in [6.07, 6.45) is 4.64. The minimum Gasteiger partial charge on any atom is -0.451 e. The average Bonchev–Trinajstić information content (AvgIpc) is 3.17. The number of carbonyl (C=O) groups is 1. The molecule has 0 spiro atoms. The topological polar surface area (TPSA) is 103 Å². The fourth-order valence-electron chi connectivity index (χ4n) is 2.34. The lowest BCUT2D eigenvalue weighted by Crippen LogP contribution is -2.16. The smallest absolute Gasteiger partial charge is 0.292 e. The third kappa shape index (κ3) is 2.88. The number of carbonyl (C=O) groups excluding carboxylic acids is 1. The lowest BCUT2D eigenvalue weighted by atomic mass is 10.2. The molecule has 0 aliphatic heterocycles. The highest BCUT2D eigenvalue weighted by Gasteiger charge is 2.13. The van der Waals surface area contributed by atoms with E-state index in [9.17, 15) is 9.59 Å². The van der Waals surface area contributed by atoms with E-state index in [1.54, 1.807) is 48.8 Å². The predicted octanol–water partition coefficient (Wildman–Crippen LogP) is 2.02. The normalized spacial score (nSPS) is 10.7. The molecule has 8 nitrogen and oxygen atoms in total. The number of amides is 1. The minimum atomic E-state index is -0.576. The molecule has 0 unspecified atom stereocenters. The van der Waals surface area contributed by atoms with E-state index in [1.165, 1.54) is 11.0 Å². The van der Waals surface area contributed by atoms with Crippen LogP contribution in [0.4, 0.5) is 5.82 Å². The van der Waals surface area contributed by atoms with E-state index in [0.29, 0.717) is 16.8 Å². The zero-order chi connectivity index (χ0) is 17.2. The molecular weight excluding hydrogens is 322 g/mol. The number of benzene rings is 1. The maximum absolute atomic E-state index is 12.4. The molecule has 0 radical (unpaired) electrons. The summed E-state index contributed by atoms with van der Waals surface area (Å²) in [5.74, 6) is 0.0903. The van der Waals surface area contributed by atoms with Crippen LogP contribution in [0.2, 0.25) is 0 Å². The number of nitrogens with zero attached hydrogens (tertiary/aromatic N) is 4. The van der Waals surface area contributed by atoms with Gasteiger partial charge in [0.05, 0.1) is 5.39 Å². The molecule has 122 valence electrons. The molecule has 0 bridgehead atoms. The molecule has 25 heavy (non-hydrogen) atoms. The maximum atomic E-state index is 12.4. The second-order valence-corrected chi connectivity index (χ2v) is 5.14. The SMILES string of the molecule is O=C(Nc1cc(-n2cccn2)ncn1)c1cc(=O)c2ccccc2o1. The summed E-state index contributed by atoms with van der Waals surface area (Å²) in [6, 6.07) is 11.2. The van der Waals surface area contributed by atoms with Gasteiger partial charge in [0, 0.05) is 24.5 Å². The van der Waals surface area contributed by atoms with Crippen LogP contribution in [-0.4, -0.2) is 25.7 Å². The Kier molecular flexibility index (Phi) is 3.55. The van der Waals surface area contributed by atoms with E-state index in [2.05, 4.69) is 20.4 Å². The molecule has 1 amide bonds. The van der Waals surface area contributed by atoms with E-state index in [4.69, 9.17) is 4.42 Å². The summed E-state index contributed by atoms with van der Waals surface area (Å²) >= 11 is 0. The van der Waals surface area contributed by atoms with Gasteiger partial charge in [-0.05, 0) is 18.2 Å². The highest BCUT2D eigenvalue weighted by molar-refractivity contribution is 6.02. The first-order valence-corrected chi connectivity index (χ1v) is 7.37. The number of hydrogen-bond donors (Lipinski definition) is 1. The summed E-state index contributed by atoms with van der Waals surface area (Å²) in [4.78, 5) is 32.5. The van der Waals surface area contributed by atoms with E-state index in [0.717, 1.165) is 6.07 Å². The van der Waals surface area contributed by atoms with Gasteiger partial charge in [-0.3, -0.25) is 9.59 Å². The quantitative estimate of drug-likeness (QED) is 0.615. The lowest BCUT2D eigenvalue weighted by Gasteiger charge is -2.06. The van der Waals surface area contributed by atoms with Gasteiger partial charge in [-0.1, -0.05) is 12.1 Å². The average molecular weight is 333 g/mol. The van der Waals surface area contributed by atoms with E-state index in [-0.39, 0.29) is 17.0 Å². The van der Waals surface area contributed by atoms with Crippen LogP contribution in [0.5, 0.6) is 0 Å². The van der Waals surface area contributed by atoms with Crippen molar-refractivity contribution in [3.8, 4) is 5.82 Å². The molecule has 3 heterocycles. The van der Waals surface area contributed by atoms with E-state index >= 15 is 0 Å². The van der Waals surface area contributed by atoms with Gasteiger partial charge in [-0.2, -0.15) is 5.10 Å². The zero-order valence-corrected chi connectivity index (χ0v) is 12.8. The Morgan fingerprint density at radius 3 is 2.84 bits per heavy atom. The number of rotatable bonds is 3. The van der Waals surface area contributed by atoms with Crippen molar-refractivity contribution in [3.05, 3.63) is 77.2 Å². The Balaban J connectivity index is 1.64. The van der Waals surface area contributed by atoms with Crippen molar-refractivity contribution in [2.45, 2.75) is 0 Å². The zero-order valence-electron chi connectivity index (χ0n) is 12.8. The molecule has 1 N–H and O–H groups in total. The third-order valence-corrected chi connectivity index (χ3v) is 3.49. The van der Waals surface area contributed by atoms with Crippen molar-refractivity contribution >= 4 is 22.7 Å². The van der Waals surface area contributed by atoms with Crippen LogP contribution in [0.25, 0.3) is 16.8 Å². The van der Waals surface area contributed by atoms with Crippen molar-refractivity contribution in [3.63, 3.8) is 0 Å². The highest BCUT2D eigenvalue weighted by atomic mass is 16.3. The molecule has 0 fully saturated rings. The molecule has 4 aromatic rings. The fraction of sp³-hybridized carbons (Fsp3) is 0. The number of nitrogens with one attached hydrogen (secondary N) is 1. The van der Waals surface area contributed by atoms with E-state index < -0.39 is 5.91 Å². The van der Waals surface area contributed by atoms with Gasteiger partial charge in [0.2, 0.25) is 0 Å². The minimum absolute atomic E-state index is 0.0945. The Bertz CT molecular complexity index is 1120. The number of hydrogen-bond acceptors (Lipinski definition) is 6. The summed E-state index contributed by atoms with van der Waals surface area (Å²) in [6.45, 7) is 0. The molecule has 0 aliphatic rings. The largest absolute Gasteiger partial charge is 0.451 e. The van der Waals surface area contributed by atoms with Gasteiger partial charge >= 0.3 is 0 Å². The molecule has 0 atom stereocenters. The second kappa shape index (κ2) is 6.00. The maximum Gasteiger partial charge on any atom is 0.292 e.